The largest absolute Gasteiger partial charge is 0.485 e. The van der Waals surface area contributed by atoms with Crippen molar-refractivity contribution in [2.24, 2.45) is 0 Å². The summed E-state index contributed by atoms with van der Waals surface area (Å²) in [7, 11) is 1.34. The minimum atomic E-state index is -0.434. The molecule has 0 saturated carbocycles. The second kappa shape index (κ2) is 7.34. The van der Waals surface area contributed by atoms with Crippen LogP contribution in [-0.2, 0) is 11.3 Å². The number of aromatic nitrogens is 1. The summed E-state index contributed by atoms with van der Waals surface area (Å²) in [5.74, 6) is 0.0613. The average molecular weight is 329 g/mol. The van der Waals surface area contributed by atoms with Gasteiger partial charge in [0, 0.05) is 17.8 Å². The van der Waals surface area contributed by atoms with E-state index in [1.165, 1.54) is 7.11 Å². The van der Waals surface area contributed by atoms with Crippen molar-refractivity contribution >= 4 is 11.8 Å². The molecule has 0 aliphatic carbocycles. The Kier molecular flexibility index (Phi) is 5.44. The number of hydrogen-bond acceptors (Lipinski definition) is 4. The standard InChI is InChI=1S/C19H23NO4/c1-6-20-14(4)17(13(3)18(20)19(22)23-5)16(21)11-24-15-9-7-12(2)8-10-15/h7-10H,6,11H2,1-5H3. The van der Waals surface area contributed by atoms with Crippen molar-refractivity contribution in [3.05, 3.63) is 52.3 Å². The second-order valence-electron chi connectivity index (χ2n) is 5.69. The summed E-state index contributed by atoms with van der Waals surface area (Å²) >= 11 is 0. The average Bonchev–Trinajstić information content (AvgIpc) is 2.83. The van der Waals surface area contributed by atoms with Crippen molar-refractivity contribution in [3.63, 3.8) is 0 Å². The van der Waals surface area contributed by atoms with E-state index in [1.54, 1.807) is 11.5 Å². The van der Waals surface area contributed by atoms with Gasteiger partial charge in [-0.3, -0.25) is 4.79 Å². The first-order valence-electron chi connectivity index (χ1n) is 7.91. The van der Waals surface area contributed by atoms with E-state index in [0.29, 0.717) is 29.1 Å². The van der Waals surface area contributed by atoms with Gasteiger partial charge in [0.1, 0.15) is 11.4 Å². The highest BCUT2D eigenvalue weighted by molar-refractivity contribution is 6.03. The molecule has 1 aromatic carbocycles. The quantitative estimate of drug-likeness (QED) is 0.601. The second-order valence-corrected chi connectivity index (χ2v) is 5.69. The summed E-state index contributed by atoms with van der Waals surface area (Å²) in [6.45, 7) is 8.04. The number of esters is 1. The van der Waals surface area contributed by atoms with Crippen molar-refractivity contribution in [1.82, 2.24) is 4.57 Å². The third-order valence-electron chi connectivity index (χ3n) is 4.13. The van der Waals surface area contributed by atoms with Crippen molar-refractivity contribution < 1.29 is 19.1 Å². The highest BCUT2D eigenvalue weighted by Crippen LogP contribution is 2.24. The van der Waals surface area contributed by atoms with Crippen LogP contribution in [0.4, 0.5) is 0 Å². The van der Waals surface area contributed by atoms with E-state index < -0.39 is 5.97 Å². The maximum atomic E-state index is 12.6. The van der Waals surface area contributed by atoms with E-state index in [4.69, 9.17) is 9.47 Å². The van der Waals surface area contributed by atoms with Crippen molar-refractivity contribution in [1.29, 1.82) is 0 Å². The van der Waals surface area contributed by atoms with Crippen LogP contribution in [0.2, 0.25) is 0 Å². The van der Waals surface area contributed by atoms with Gasteiger partial charge in [-0.05, 0) is 45.4 Å². The Morgan fingerprint density at radius 2 is 1.71 bits per heavy atom. The molecular weight excluding hydrogens is 306 g/mol. The number of nitrogens with zero attached hydrogens (tertiary/aromatic N) is 1. The van der Waals surface area contributed by atoms with E-state index in [-0.39, 0.29) is 12.4 Å². The number of carbonyl (C=O) groups excluding carboxylic acids is 2. The lowest BCUT2D eigenvalue weighted by Gasteiger charge is -2.08. The predicted molar refractivity (Wildman–Crippen MR) is 91.9 cm³/mol. The number of hydrogen-bond donors (Lipinski definition) is 0. The maximum absolute atomic E-state index is 12.6. The van der Waals surface area contributed by atoms with Gasteiger partial charge in [0.25, 0.3) is 0 Å². The zero-order valence-corrected chi connectivity index (χ0v) is 14.8. The molecule has 0 N–H and O–H groups in total. The first kappa shape index (κ1) is 17.8. The molecule has 0 spiro atoms. The molecule has 0 saturated heterocycles. The number of benzene rings is 1. The molecule has 0 atom stereocenters. The molecule has 5 heteroatoms. The smallest absolute Gasteiger partial charge is 0.354 e. The van der Waals surface area contributed by atoms with Crippen molar-refractivity contribution in [2.75, 3.05) is 13.7 Å². The molecule has 2 aromatic rings. The number of ketones is 1. The number of Topliss-reactive ketones (excluding diaryl/α,β-unsaturated/α-hetero) is 1. The zero-order valence-electron chi connectivity index (χ0n) is 14.8. The van der Waals surface area contributed by atoms with E-state index in [9.17, 15) is 9.59 Å². The fourth-order valence-electron chi connectivity index (χ4n) is 2.92. The van der Waals surface area contributed by atoms with Crippen LogP contribution in [0, 0.1) is 20.8 Å². The molecule has 0 aliphatic heterocycles. The summed E-state index contributed by atoms with van der Waals surface area (Å²) in [6.07, 6.45) is 0. The van der Waals surface area contributed by atoms with Gasteiger partial charge in [0.05, 0.1) is 7.11 Å². The topological polar surface area (TPSA) is 57.5 Å². The molecule has 24 heavy (non-hydrogen) atoms. The van der Waals surface area contributed by atoms with Crippen LogP contribution in [0.25, 0.3) is 0 Å². The molecule has 1 heterocycles. The molecule has 2 rings (SSSR count). The van der Waals surface area contributed by atoms with Crippen LogP contribution < -0.4 is 4.74 Å². The highest BCUT2D eigenvalue weighted by atomic mass is 16.5. The first-order chi connectivity index (χ1) is 11.4. The number of methoxy groups -OCH3 is 1. The SMILES string of the molecule is CCn1c(C)c(C(=O)COc2ccc(C)cc2)c(C)c1C(=O)OC. The predicted octanol–water partition coefficient (Wildman–Crippen LogP) is 3.48. The molecule has 0 bridgehead atoms. The summed E-state index contributed by atoms with van der Waals surface area (Å²) in [5, 5.41) is 0. The Morgan fingerprint density at radius 3 is 2.25 bits per heavy atom. The van der Waals surface area contributed by atoms with Crippen LogP contribution in [0.1, 0.15) is 44.6 Å². The van der Waals surface area contributed by atoms with Crippen LogP contribution in [0.3, 0.4) is 0 Å². The molecule has 1 aromatic heterocycles. The Labute approximate surface area is 142 Å². The molecule has 0 fully saturated rings. The highest BCUT2D eigenvalue weighted by Gasteiger charge is 2.26. The minimum Gasteiger partial charge on any atom is -0.485 e. The Hall–Kier alpha value is -2.56. The number of rotatable bonds is 6. The lowest BCUT2D eigenvalue weighted by Crippen LogP contribution is -2.13. The first-order valence-corrected chi connectivity index (χ1v) is 7.91. The fraction of sp³-hybridized carbons (Fsp3) is 0.368. The van der Waals surface area contributed by atoms with Crippen LogP contribution in [0.5, 0.6) is 5.75 Å². The molecule has 128 valence electrons. The van der Waals surface area contributed by atoms with Gasteiger partial charge < -0.3 is 14.0 Å². The Morgan fingerprint density at radius 1 is 1.08 bits per heavy atom. The van der Waals surface area contributed by atoms with E-state index in [2.05, 4.69) is 0 Å². The summed E-state index contributed by atoms with van der Waals surface area (Å²) < 4.78 is 12.2. The molecular formula is C19H23NO4. The third-order valence-corrected chi connectivity index (χ3v) is 4.13. The number of ether oxygens (including phenoxy) is 2. The molecule has 5 nitrogen and oxygen atoms in total. The monoisotopic (exact) mass is 329 g/mol. The van der Waals surface area contributed by atoms with Gasteiger partial charge in [0.15, 0.2) is 6.61 Å². The van der Waals surface area contributed by atoms with Crippen LogP contribution in [-0.4, -0.2) is 30.0 Å². The van der Waals surface area contributed by atoms with Gasteiger partial charge in [-0.2, -0.15) is 0 Å². The van der Waals surface area contributed by atoms with E-state index in [0.717, 1.165) is 11.3 Å². The summed E-state index contributed by atoms with van der Waals surface area (Å²) in [5.41, 5.74) is 3.48. The lowest BCUT2D eigenvalue weighted by atomic mass is 10.1. The summed E-state index contributed by atoms with van der Waals surface area (Å²) in [4.78, 5) is 24.7. The van der Waals surface area contributed by atoms with Gasteiger partial charge in [-0.25, -0.2) is 4.79 Å². The molecule has 0 aliphatic rings. The number of carbonyl (C=O) groups is 2. The lowest BCUT2D eigenvalue weighted by molar-refractivity contribution is 0.0587. The Bertz CT molecular complexity index is 757. The number of aryl methyl sites for hydroxylation is 1. The van der Waals surface area contributed by atoms with E-state index in [1.807, 2.05) is 45.0 Å². The minimum absolute atomic E-state index is 0.0704. The third kappa shape index (κ3) is 3.35. The van der Waals surface area contributed by atoms with E-state index >= 15 is 0 Å². The molecule has 0 amide bonds. The molecule has 0 unspecified atom stereocenters. The van der Waals surface area contributed by atoms with Crippen molar-refractivity contribution in [2.45, 2.75) is 34.2 Å². The molecule has 0 radical (unpaired) electrons. The van der Waals surface area contributed by atoms with Crippen molar-refractivity contribution in [3.8, 4) is 5.75 Å². The normalized spacial score (nSPS) is 10.5. The Balaban J connectivity index is 2.27. The fourth-order valence-corrected chi connectivity index (χ4v) is 2.92. The van der Waals surface area contributed by atoms with Gasteiger partial charge >= 0.3 is 5.97 Å². The zero-order chi connectivity index (χ0) is 17.9. The van der Waals surface area contributed by atoms with Crippen LogP contribution >= 0.6 is 0 Å². The maximum Gasteiger partial charge on any atom is 0.354 e. The van der Waals surface area contributed by atoms with Gasteiger partial charge in [0.2, 0.25) is 5.78 Å². The van der Waals surface area contributed by atoms with Gasteiger partial charge in [-0.1, -0.05) is 17.7 Å². The van der Waals surface area contributed by atoms with Gasteiger partial charge in [-0.15, -0.1) is 0 Å². The summed E-state index contributed by atoms with van der Waals surface area (Å²) in [6, 6.07) is 7.53. The van der Waals surface area contributed by atoms with Crippen LogP contribution in [0.15, 0.2) is 24.3 Å².